The van der Waals surface area contributed by atoms with Crippen molar-refractivity contribution in [2.24, 2.45) is 5.92 Å². The van der Waals surface area contributed by atoms with Crippen molar-refractivity contribution in [2.45, 2.75) is 5.75 Å². The van der Waals surface area contributed by atoms with Crippen LogP contribution in [0.3, 0.4) is 0 Å². The van der Waals surface area contributed by atoms with Crippen LogP contribution in [0.5, 0.6) is 0 Å². The highest BCUT2D eigenvalue weighted by atomic mass is 32.2. The van der Waals surface area contributed by atoms with Gasteiger partial charge in [0, 0.05) is 11.7 Å². The number of thioether (sulfide) groups is 1. The summed E-state index contributed by atoms with van der Waals surface area (Å²) in [5, 5.41) is 0. The molecule has 0 atom stereocenters. The molecule has 0 aliphatic heterocycles. The Morgan fingerprint density at radius 2 is 2.15 bits per heavy atom. The highest BCUT2D eigenvalue weighted by Gasteiger charge is 2.01. The van der Waals surface area contributed by atoms with Gasteiger partial charge in [-0.1, -0.05) is 24.3 Å². The Hall–Kier alpha value is -0.820. The van der Waals surface area contributed by atoms with Crippen molar-refractivity contribution < 1.29 is 0 Å². The Labute approximate surface area is 83.7 Å². The van der Waals surface area contributed by atoms with Crippen LogP contribution in [0.2, 0.25) is 0 Å². The molecule has 2 rings (SSSR count). The third kappa shape index (κ3) is 2.56. The number of hydrogen-bond donors (Lipinski definition) is 0. The van der Waals surface area contributed by atoms with Gasteiger partial charge in [0.1, 0.15) is 0 Å². The molecule has 1 aromatic carbocycles. The lowest BCUT2D eigenvalue weighted by Gasteiger charge is -2.06. The summed E-state index contributed by atoms with van der Waals surface area (Å²) in [6, 6.07) is 8.58. The first-order valence-electron chi connectivity index (χ1n) is 4.58. The van der Waals surface area contributed by atoms with Crippen LogP contribution in [-0.2, 0) is 5.75 Å². The minimum absolute atomic E-state index is 0.667. The Morgan fingerprint density at radius 3 is 2.85 bits per heavy atom. The zero-order valence-corrected chi connectivity index (χ0v) is 8.34. The van der Waals surface area contributed by atoms with Gasteiger partial charge in [0.05, 0.1) is 0 Å². The van der Waals surface area contributed by atoms with E-state index in [1.54, 1.807) is 0 Å². The van der Waals surface area contributed by atoms with Crippen molar-refractivity contribution in [1.29, 1.82) is 0 Å². The average Bonchev–Trinajstić information content (AvgIpc) is 2.75. The van der Waals surface area contributed by atoms with E-state index in [1.807, 2.05) is 11.8 Å². The van der Waals surface area contributed by atoms with E-state index in [0.717, 1.165) is 5.75 Å². The van der Waals surface area contributed by atoms with Gasteiger partial charge in [-0.25, -0.2) is 6.07 Å². The maximum atomic E-state index is 2.26. The van der Waals surface area contributed by atoms with Crippen LogP contribution < -0.4 is 0 Å². The molecule has 1 aliphatic carbocycles. The van der Waals surface area contributed by atoms with Gasteiger partial charge >= 0.3 is 0 Å². The van der Waals surface area contributed by atoms with E-state index >= 15 is 0 Å². The van der Waals surface area contributed by atoms with Crippen molar-refractivity contribution in [1.82, 2.24) is 0 Å². The predicted octanol–water partition coefficient (Wildman–Crippen LogP) is 3.38. The molecular weight excluding hydrogens is 176 g/mol. The van der Waals surface area contributed by atoms with Gasteiger partial charge in [-0.2, -0.15) is 35.5 Å². The summed E-state index contributed by atoms with van der Waals surface area (Å²) in [6.07, 6.45) is 8.79. The molecule has 0 bridgehead atoms. The molecule has 13 heavy (non-hydrogen) atoms. The van der Waals surface area contributed by atoms with Gasteiger partial charge < -0.3 is 0 Å². The summed E-state index contributed by atoms with van der Waals surface area (Å²) in [5.41, 5.74) is 1.44. The molecule has 0 unspecified atom stereocenters. The van der Waals surface area contributed by atoms with Crippen LogP contribution in [0, 0.1) is 5.92 Å². The zero-order chi connectivity index (χ0) is 8.93. The Kier molecular flexibility index (Phi) is 2.98. The molecule has 1 aromatic rings. The van der Waals surface area contributed by atoms with Crippen LogP contribution in [-0.4, -0.2) is 5.75 Å². The molecule has 0 N–H and O–H groups in total. The summed E-state index contributed by atoms with van der Waals surface area (Å²) >= 11 is 2.01. The van der Waals surface area contributed by atoms with Gasteiger partial charge in [-0.3, -0.25) is 0 Å². The zero-order valence-electron chi connectivity index (χ0n) is 7.52. The molecule has 0 spiro atoms. The first-order valence-corrected chi connectivity index (χ1v) is 5.74. The minimum atomic E-state index is 0.667. The fraction of sp³-hybridized carbons (Fsp3) is 0.250. The third-order valence-electron chi connectivity index (χ3n) is 2.14. The molecule has 68 valence electrons. The second-order valence-corrected chi connectivity index (χ2v) is 4.27. The fourth-order valence-electron chi connectivity index (χ4n) is 1.41. The number of allylic oxidation sites excluding steroid dienone is 4. The van der Waals surface area contributed by atoms with E-state index in [2.05, 4.69) is 48.6 Å². The van der Waals surface area contributed by atoms with Crippen molar-refractivity contribution in [3.05, 3.63) is 54.1 Å². The second kappa shape index (κ2) is 4.43. The van der Waals surface area contributed by atoms with Gasteiger partial charge in [0.25, 0.3) is 0 Å². The largest absolute Gasteiger partial charge is 0.210 e. The predicted molar refractivity (Wildman–Crippen MR) is 60.0 cm³/mol. The quantitative estimate of drug-likeness (QED) is 0.654. The Morgan fingerprint density at radius 1 is 1.31 bits per heavy atom. The van der Waals surface area contributed by atoms with Crippen molar-refractivity contribution in [2.75, 3.05) is 5.75 Å². The van der Waals surface area contributed by atoms with Crippen molar-refractivity contribution in [3.63, 3.8) is 0 Å². The summed E-state index contributed by atoms with van der Waals surface area (Å²) in [6.45, 7) is 0. The van der Waals surface area contributed by atoms with Crippen LogP contribution in [0.1, 0.15) is 5.56 Å². The van der Waals surface area contributed by atoms with E-state index in [4.69, 9.17) is 0 Å². The monoisotopic (exact) mass is 189 g/mol. The second-order valence-electron chi connectivity index (χ2n) is 3.24. The molecule has 0 aromatic heterocycles. The van der Waals surface area contributed by atoms with E-state index < -0.39 is 0 Å². The molecule has 0 fully saturated rings. The van der Waals surface area contributed by atoms with E-state index in [1.165, 1.54) is 11.3 Å². The normalized spacial score (nSPS) is 15.7. The van der Waals surface area contributed by atoms with E-state index in [-0.39, 0.29) is 0 Å². The molecular formula is C12H13S-. The van der Waals surface area contributed by atoms with Crippen LogP contribution in [0.25, 0.3) is 0 Å². The topological polar surface area (TPSA) is 0 Å². The molecule has 0 heterocycles. The SMILES string of the molecule is C1=CC(CSCc2cc[cH-]c2)C=C1. The fourth-order valence-corrected chi connectivity index (χ4v) is 2.45. The molecule has 0 amide bonds. The lowest BCUT2D eigenvalue weighted by Crippen LogP contribution is -1.93. The van der Waals surface area contributed by atoms with Crippen LogP contribution >= 0.6 is 11.8 Å². The van der Waals surface area contributed by atoms with Gasteiger partial charge in [-0.05, 0) is 5.75 Å². The minimum Gasteiger partial charge on any atom is -0.210 e. The maximum absolute atomic E-state index is 2.26. The lowest BCUT2D eigenvalue weighted by molar-refractivity contribution is 0.975. The molecule has 0 nitrogen and oxygen atoms in total. The molecule has 0 saturated heterocycles. The molecule has 1 aliphatic rings. The van der Waals surface area contributed by atoms with Gasteiger partial charge in [-0.15, -0.1) is 0 Å². The smallest absolute Gasteiger partial charge is 0.00432 e. The van der Waals surface area contributed by atoms with Crippen molar-refractivity contribution >= 4 is 11.8 Å². The molecule has 1 heteroatoms. The summed E-state index contributed by atoms with van der Waals surface area (Å²) in [5.74, 6) is 3.02. The highest BCUT2D eigenvalue weighted by Crippen LogP contribution is 2.19. The summed E-state index contributed by atoms with van der Waals surface area (Å²) in [7, 11) is 0. The summed E-state index contributed by atoms with van der Waals surface area (Å²) < 4.78 is 0. The Bertz CT molecular complexity index is 281. The van der Waals surface area contributed by atoms with Crippen LogP contribution in [0.15, 0.2) is 48.6 Å². The van der Waals surface area contributed by atoms with Gasteiger partial charge in [0.15, 0.2) is 0 Å². The molecule has 0 radical (unpaired) electrons. The van der Waals surface area contributed by atoms with Crippen molar-refractivity contribution in [3.8, 4) is 0 Å². The standard InChI is InChI=1S/C12H13S/c1-2-6-11(5-1)9-13-10-12-7-3-4-8-12/h1-8,11H,9-10H2/q-1. The third-order valence-corrected chi connectivity index (χ3v) is 3.30. The maximum Gasteiger partial charge on any atom is 0.00432 e. The molecule has 0 saturated carbocycles. The highest BCUT2D eigenvalue weighted by molar-refractivity contribution is 7.98. The average molecular weight is 189 g/mol. The number of rotatable bonds is 4. The lowest BCUT2D eigenvalue weighted by atomic mass is 10.2. The summed E-state index contributed by atoms with van der Waals surface area (Å²) in [4.78, 5) is 0. The first-order chi connectivity index (χ1) is 6.45. The van der Waals surface area contributed by atoms with E-state index in [9.17, 15) is 0 Å². The Balaban J connectivity index is 1.69. The number of hydrogen-bond acceptors (Lipinski definition) is 1. The van der Waals surface area contributed by atoms with Crippen LogP contribution in [0.4, 0.5) is 0 Å². The first kappa shape index (κ1) is 8.76. The van der Waals surface area contributed by atoms with Gasteiger partial charge in [0.2, 0.25) is 0 Å². The van der Waals surface area contributed by atoms with E-state index in [0.29, 0.717) is 5.92 Å².